The molecular weight excluding hydrogens is 345 g/mol. The highest BCUT2D eigenvalue weighted by Gasteiger charge is 2.27. The van der Waals surface area contributed by atoms with Crippen molar-refractivity contribution in [3.05, 3.63) is 65.5 Å². The number of anilines is 1. The molecule has 0 unspecified atom stereocenters. The van der Waals surface area contributed by atoms with E-state index < -0.39 is 0 Å². The Morgan fingerprint density at radius 1 is 1.11 bits per heavy atom. The molecule has 3 rings (SSSR count). The molecule has 0 radical (unpaired) electrons. The summed E-state index contributed by atoms with van der Waals surface area (Å²) in [6.07, 6.45) is 1.19. The van der Waals surface area contributed by atoms with Gasteiger partial charge in [-0.3, -0.25) is 9.59 Å². The van der Waals surface area contributed by atoms with Gasteiger partial charge in [0.2, 0.25) is 11.8 Å². The molecule has 0 aliphatic carbocycles. The van der Waals surface area contributed by atoms with Crippen molar-refractivity contribution in [1.29, 1.82) is 5.26 Å². The van der Waals surface area contributed by atoms with Gasteiger partial charge < -0.3 is 10.2 Å². The summed E-state index contributed by atoms with van der Waals surface area (Å²) in [6.45, 7) is 0.970. The molecule has 1 fully saturated rings. The molecular formula is C21H20FN3O2. The van der Waals surface area contributed by atoms with Gasteiger partial charge in [0.05, 0.1) is 18.1 Å². The highest BCUT2D eigenvalue weighted by Crippen LogP contribution is 2.21. The Labute approximate surface area is 157 Å². The van der Waals surface area contributed by atoms with E-state index in [1.807, 2.05) is 6.07 Å². The minimum Gasteiger partial charge on any atom is -0.342 e. The summed E-state index contributed by atoms with van der Waals surface area (Å²) in [4.78, 5) is 26.5. The quantitative estimate of drug-likeness (QED) is 0.905. The molecule has 0 atom stereocenters. The van der Waals surface area contributed by atoms with Crippen molar-refractivity contribution in [2.24, 2.45) is 5.92 Å². The van der Waals surface area contributed by atoms with Crippen LogP contribution < -0.4 is 5.32 Å². The number of halogens is 1. The van der Waals surface area contributed by atoms with Crippen LogP contribution in [0.4, 0.5) is 10.1 Å². The maximum atomic E-state index is 13.7. The lowest BCUT2D eigenvalue weighted by Crippen LogP contribution is -2.42. The van der Waals surface area contributed by atoms with Crippen molar-refractivity contribution in [1.82, 2.24) is 4.90 Å². The first-order valence-corrected chi connectivity index (χ1v) is 8.89. The van der Waals surface area contributed by atoms with Crippen LogP contribution in [-0.4, -0.2) is 29.8 Å². The Kier molecular flexibility index (Phi) is 5.82. The third kappa shape index (κ3) is 4.70. The van der Waals surface area contributed by atoms with Crippen LogP contribution in [-0.2, 0) is 16.0 Å². The Morgan fingerprint density at radius 3 is 2.41 bits per heavy atom. The summed E-state index contributed by atoms with van der Waals surface area (Å²) >= 11 is 0. The van der Waals surface area contributed by atoms with Gasteiger partial charge in [-0.1, -0.05) is 18.2 Å². The van der Waals surface area contributed by atoms with Gasteiger partial charge in [-0.2, -0.15) is 5.26 Å². The lowest BCUT2D eigenvalue weighted by atomic mass is 9.95. The molecule has 0 aromatic heterocycles. The summed E-state index contributed by atoms with van der Waals surface area (Å²) in [5.41, 5.74) is 1.58. The van der Waals surface area contributed by atoms with E-state index in [9.17, 15) is 14.0 Å². The number of piperidine rings is 1. The topological polar surface area (TPSA) is 73.2 Å². The number of likely N-dealkylation sites (tertiary alicyclic amines) is 1. The standard InChI is InChI=1S/C21H20FN3O2/c22-19-4-2-1-3-17(19)13-20(26)25-11-9-16(10-12-25)21(27)24-18-7-5-15(14-23)6-8-18/h1-8,16H,9-13H2,(H,24,27). The van der Waals surface area contributed by atoms with Crippen LogP contribution in [0.25, 0.3) is 0 Å². The number of carbonyl (C=O) groups excluding carboxylic acids is 2. The van der Waals surface area contributed by atoms with Crippen LogP contribution in [0.1, 0.15) is 24.0 Å². The van der Waals surface area contributed by atoms with Gasteiger partial charge >= 0.3 is 0 Å². The van der Waals surface area contributed by atoms with Crippen molar-refractivity contribution in [3.63, 3.8) is 0 Å². The fraction of sp³-hybridized carbons (Fsp3) is 0.286. The largest absolute Gasteiger partial charge is 0.342 e. The molecule has 2 amide bonds. The first kappa shape index (κ1) is 18.6. The molecule has 6 heteroatoms. The van der Waals surface area contributed by atoms with Gasteiger partial charge in [-0.05, 0) is 48.7 Å². The van der Waals surface area contributed by atoms with Crippen molar-refractivity contribution in [2.75, 3.05) is 18.4 Å². The number of nitriles is 1. The third-order valence-corrected chi connectivity index (χ3v) is 4.80. The molecule has 5 nitrogen and oxygen atoms in total. The first-order valence-electron chi connectivity index (χ1n) is 8.89. The second-order valence-electron chi connectivity index (χ2n) is 6.60. The van der Waals surface area contributed by atoms with Crippen LogP contribution in [0, 0.1) is 23.1 Å². The van der Waals surface area contributed by atoms with Crippen LogP contribution in [0.5, 0.6) is 0 Å². The molecule has 0 spiro atoms. The average Bonchev–Trinajstić information content (AvgIpc) is 2.70. The Bertz CT molecular complexity index is 866. The average molecular weight is 365 g/mol. The fourth-order valence-corrected chi connectivity index (χ4v) is 3.18. The molecule has 1 N–H and O–H groups in total. The van der Waals surface area contributed by atoms with Gasteiger partial charge in [0.25, 0.3) is 0 Å². The maximum absolute atomic E-state index is 13.7. The third-order valence-electron chi connectivity index (χ3n) is 4.80. The highest BCUT2D eigenvalue weighted by atomic mass is 19.1. The Hall–Kier alpha value is -3.20. The van der Waals surface area contributed by atoms with E-state index >= 15 is 0 Å². The molecule has 0 bridgehead atoms. The number of rotatable bonds is 4. The van der Waals surface area contributed by atoms with Crippen LogP contribution >= 0.6 is 0 Å². The molecule has 2 aromatic rings. The summed E-state index contributed by atoms with van der Waals surface area (Å²) in [5.74, 6) is -0.743. The minimum absolute atomic E-state index is 0.0365. The van der Waals surface area contributed by atoms with E-state index in [0.29, 0.717) is 42.7 Å². The lowest BCUT2D eigenvalue weighted by molar-refractivity contribution is -0.133. The van der Waals surface area contributed by atoms with E-state index in [1.165, 1.54) is 6.07 Å². The zero-order valence-corrected chi connectivity index (χ0v) is 14.8. The van der Waals surface area contributed by atoms with Crippen molar-refractivity contribution >= 4 is 17.5 Å². The second-order valence-corrected chi connectivity index (χ2v) is 6.60. The zero-order valence-electron chi connectivity index (χ0n) is 14.8. The lowest BCUT2D eigenvalue weighted by Gasteiger charge is -2.31. The normalized spacial score (nSPS) is 14.4. The summed E-state index contributed by atoms with van der Waals surface area (Å²) in [5, 5.41) is 11.7. The highest BCUT2D eigenvalue weighted by molar-refractivity contribution is 5.92. The van der Waals surface area contributed by atoms with E-state index in [4.69, 9.17) is 5.26 Å². The van der Waals surface area contributed by atoms with Crippen molar-refractivity contribution < 1.29 is 14.0 Å². The fourth-order valence-electron chi connectivity index (χ4n) is 3.18. The molecule has 1 heterocycles. The van der Waals surface area contributed by atoms with Crippen LogP contribution in [0.3, 0.4) is 0 Å². The van der Waals surface area contributed by atoms with Gasteiger partial charge in [-0.15, -0.1) is 0 Å². The monoisotopic (exact) mass is 365 g/mol. The molecule has 138 valence electrons. The Morgan fingerprint density at radius 2 is 1.78 bits per heavy atom. The van der Waals surface area contributed by atoms with Crippen molar-refractivity contribution in [3.8, 4) is 6.07 Å². The number of hydrogen-bond acceptors (Lipinski definition) is 3. The molecule has 27 heavy (non-hydrogen) atoms. The van der Waals surface area contributed by atoms with E-state index in [2.05, 4.69) is 5.32 Å². The number of hydrogen-bond donors (Lipinski definition) is 1. The van der Waals surface area contributed by atoms with Gasteiger partial charge in [0.1, 0.15) is 5.82 Å². The summed E-state index contributed by atoms with van der Waals surface area (Å²) in [7, 11) is 0. The molecule has 1 saturated heterocycles. The molecule has 1 aliphatic heterocycles. The number of benzene rings is 2. The smallest absolute Gasteiger partial charge is 0.227 e. The summed E-state index contributed by atoms with van der Waals surface area (Å²) in [6, 6.07) is 15.0. The van der Waals surface area contributed by atoms with E-state index in [0.717, 1.165) is 0 Å². The van der Waals surface area contributed by atoms with Gasteiger partial charge in [0, 0.05) is 24.7 Å². The molecule has 2 aromatic carbocycles. The Balaban J connectivity index is 1.50. The summed E-state index contributed by atoms with van der Waals surface area (Å²) < 4.78 is 13.7. The number of carbonyl (C=O) groups is 2. The zero-order chi connectivity index (χ0) is 19.2. The molecule has 1 aliphatic rings. The molecule has 0 saturated carbocycles. The SMILES string of the molecule is N#Cc1ccc(NC(=O)C2CCN(C(=O)Cc3ccccc3F)CC2)cc1. The van der Waals surface area contributed by atoms with E-state index in [1.54, 1.807) is 47.4 Å². The number of amides is 2. The van der Waals surface area contributed by atoms with Crippen molar-refractivity contribution in [2.45, 2.75) is 19.3 Å². The number of nitrogens with one attached hydrogen (secondary N) is 1. The predicted octanol–water partition coefficient (Wildman–Crippen LogP) is 3.12. The second kappa shape index (κ2) is 8.45. The van der Waals surface area contributed by atoms with E-state index in [-0.39, 0.29) is 30.0 Å². The van der Waals surface area contributed by atoms with Gasteiger partial charge in [0.15, 0.2) is 0 Å². The van der Waals surface area contributed by atoms with Crippen LogP contribution in [0.15, 0.2) is 48.5 Å². The minimum atomic E-state index is -0.373. The van der Waals surface area contributed by atoms with Crippen LogP contribution in [0.2, 0.25) is 0 Å². The first-order chi connectivity index (χ1) is 13.1. The predicted molar refractivity (Wildman–Crippen MR) is 99.2 cm³/mol. The van der Waals surface area contributed by atoms with Gasteiger partial charge in [-0.25, -0.2) is 4.39 Å². The number of nitrogens with zero attached hydrogens (tertiary/aromatic N) is 2. The maximum Gasteiger partial charge on any atom is 0.227 e.